The number of furan rings is 1. The summed E-state index contributed by atoms with van der Waals surface area (Å²) in [4.78, 5) is 14.6. The fourth-order valence-electron chi connectivity index (χ4n) is 3.09. The van der Waals surface area contributed by atoms with Gasteiger partial charge in [0, 0.05) is 6.54 Å². The highest BCUT2D eigenvalue weighted by Crippen LogP contribution is 2.32. The fourth-order valence-corrected chi connectivity index (χ4v) is 3.53. The average molecular weight is 333 g/mol. The van der Waals surface area contributed by atoms with E-state index in [0.29, 0.717) is 12.3 Å². The van der Waals surface area contributed by atoms with E-state index in [1.54, 1.807) is 23.9 Å². The minimum Gasteiger partial charge on any atom is -0.455 e. The molecule has 1 amide bonds. The molecule has 23 heavy (non-hydrogen) atoms. The molecule has 0 radical (unpaired) electrons. The first-order chi connectivity index (χ1) is 11.2. The number of piperidine rings is 1. The lowest BCUT2D eigenvalue weighted by Gasteiger charge is -2.35. The minimum absolute atomic E-state index is 0.0824. The maximum Gasteiger partial charge on any atom is 0.290 e. The van der Waals surface area contributed by atoms with Crippen molar-refractivity contribution in [3.8, 4) is 0 Å². The largest absolute Gasteiger partial charge is 0.455 e. The van der Waals surface area contributed by atoms with Crippen LogP contribution in [0.5, 0.6) is 0 Å². The Balaban J connectivity index is 1.84. The van der Waals surface area contributed by atoms with Gasteiger partial charge in [-0.15, -0.1) is 0 Å². The standard InChI is InChI=1S/C18H20FNO2S/c1-23-12-15-8-9-17(22-15)18(21)20-10-3-2-7-16(20)13-5-4-6-14(19)11-13/h4-6,8-9,11,16H,2-3,7,10,12H2,1H3. The van der Waals surface area contributed by atoms with Crippen molar-refractivity contribution in [1.82, 2.24) is 4.90 Å². The van der Waals surface area contributed by atoms with Gasteiger partial charge >= 0.3 is 0 Å². The molecule has 5 heteroatoms. The van der Waals surface area contributed by atoms with Crippen LogP contribution in [-0.4, -0.2) is 23.6 Å². The first kappa shape index (κ1) is 16.1. The number of carbonyl (C=O) groups is 1. The van der Waals surface area contributed by atoms with E-state index in [0.717, 1.165) is 36.3 Å². The molecular formula is C18H20FNO2S. The molecule has 2 heterocycles. The molecule has 1 unspecified atom stereocenters. The quantitative estimate of drug-likeness (QED) is 0.816. The third kappa shape index (κ3) is 3.61. The van der Waals surface area contributed by atoms with E-state index in [4.69, 9.17) is 4.42 Å². The summed E-state index contributed by atoms with van der Waals surface area (Å²) >= 11 is 1.65. The number of likely N-dealkylation sites (tertiary alicyclic amines) is 1. The van der Waals surface area contributed by atoms with Crippen molar-refractivity contribution in [1.29, 1.82) is 0 Å². The molecule has 2 aromatic rings. The van der Waals surface area contributed by atoms with Gasteiger partial charge in [-0.05, 0) is 55.3 Å². The van der Waals surface area contributed by atoms with Crippen LogP contribution in [0.4, 0.5) is 4.39 Å². The summed E-state index contributed by atoms with van der Waals surface area (Å²) in [6.45, 7) is 0.679. The molecule has 0 saturated carbocycles. The van der Waals surface area contributed by atoms with Crippen LogP contribution >= 0.6 is 11.8 Å². The van der Waals surface area contributed by atoms with E-state index >= 15 is 0 Å². The molecule has 0 spiro atoms. The Morgan fingerprint density at radius 3 is 3.00 bits per heavy atom. The molecule has 0 bridgehead atoms. The first-order valence-corrected chi connectivity index (χ1v) is 9.22. The summed E-state index contributed by atoms with van der Waals surface area (Å²) in [5, 5.41) is 0. The molecule has 1 aromatic carbocycles. The molecule has 1 aliphatic heterocycles. The Bertz CT molecular complexity index is 685. The van der Waals surface area contributed by atoms with Gasteiger partial charge in [-0.1, -0.05) is 12.1 Å². The van der Waals surface area contributed by atoms with E-state index in [1.807, 2.05) is 23.3 Å². The lowest BCUT2D eigenvalue weighted by molar-refractivity contribution is 0.0577. The summed E-state index contributed by atoms with van der Waals surface area (Å²) in [6.07, 6.45) is 4.86. The number of hydrogen-bond acceptors (Lipinski definition) is 3. The molecule has 1 saturated heterocycles. The predicted octanol–water partition coefficient (Wildman–Crippen LogP) is 4.65. The number of hydrogen-bond donors (Lipinski definition) is 0. The predicted molar refractivity (Wildman–Crippen MR) is 90.0 cm³/mol. The third-order valence-electron chi connectivity index (χ3n) is 4.16. The second kappa shape index (κ2) is 7.21. The Kier molecular flexibility index (Phi) is 5.06. The Labute approximate surface area is 139 Å². The third-order valence-corrected chi connectivity index (χ3v) is 4.73. The molecule has 1 atom stereocenters. The Hall–Kier alpha value is -1.75. The second-order valence-electron chi connectivity index (χ2n) is 5.76. The first-order valence-electron chi connectivity index (χ1n) is 7.83. The number of nitrogens with zero attached hydrogens (tertiary/aromatic N) is 1. The number of amides is 1. The van der Waals surface area contributed by atoms with E-state index < -0.39 is 0 Å². The highest BCUT2D eigenvalue weighted by Gasteiger charge is 2.30. The molecule has 1 fully saturated rings. The number of halogens is 1. The highest BCUT2D eigenvalue weighted by atomic mass is 32.2. The highest BCUT2D eigenvalue weighted by molar-refractivity contribution is 7.97. The van der Waals surface area contributed by atoms with E-state index in [-0.39, 0.29) is 17.8 Å². The van der Waals surface area contributed by atoms with Gasteiger partial charge < -0.3 is 9.32 Å². The van der Waals surface area contributed by atoms with Gasteiger partial charge in [-0.25, -0.2) is 4.39 Å². The smallest absolute Gasteiger partial charge is 0.290 e. The molecule has 3 nitrogen and oxygen atoms in total. The van der Waals surface area contributed by atoms with Crippen molar-refractivity contribution in [3.05, 3.63) is 59.3 Å². The molecule has 0 N–H and O–H groups in total. The van der Waals surface area contributed by atoms with Gasteiger partial charge in [0.25, 0.3) is 5.91 Å². The number of thioether (sulfide) groups is 1. The van der Waals surface area contributed by atoms with Crippen LogP contribution in [0.3, 0.4) is 0 Å². The number of rotatable bonds is 4. The monoisotopic (exact) mass is 333 g/mol. The maximum absolute atomic E-state index is 13.5. The van der Waals surface area contributed by atoms with Gasteiger partial charge in [-0.2, -0.15) is 11.8 Å². The summed E-state index contributed by atoms with van der Waals surface area (Å²) in [5.41, 5.74) is 0.856. The Morgan fingerprint density at radius 1 is 1.35 bits per heavy atom. The van der Waals surface area contributed by atoms with Crippen molar-refractivity contribution >= 4 is 17.7 Å². The number of benzene rings is 1. The van der Waals surface area contributed by atoms with Crippen molar-refractivity contribution < 1.29 is 13.6 Å². The van der Waals surface area contributed by atoms with E-state index in [1.165, 1.54) is 12.1 Å². The lowest BCUT2D eigenvalue weighted by Crippen LogP contribution is -2.38. The molecule has 122 valence electrons. The lowest BCUT2D eigenvalue weighted by atomic mass is 9.95. The van der Waals surface area contributed by atoms with Gasteiger partial charge in [0.1, 0.15) is 11.6 Å². The van der Waals surface area contributed by atoms with Crippen LogP contribution in [0, 0.1) is 5.82 Å². The second-order valence-corrected chi connectivity index (χ2v) is 6.63. The van der Waals surface area contributed by atoms with Gasteiger partial charge in [0.2, 0.25) is 0 Å². The number of carbonyl (C=O) groups excluding carboxylic acids is 1. The fraction of sp³-hybridized carbons (Fsp3) is 0.389. The van der Waals surface area contributed by atoms with Gasteiger partial charge in [0.15, 0.2) is 5.76 Å². The normalized spacial score (nSPS) is 18.2. The SMILES string of the molecule is CSCc1ccc(C(=O)N2CCCCC2c2cccc(F)c2)o1. The van der Waals surface area contributed by atoms with Crippen LogP contribution in [0.25, 0.3) is 0 Å². The molecular weight excluding hydrogens is 313 g/mol. The Morgan fingerprint density at radius 2 is 2.22 bits per heavy atom. The van der Waals surface area contributed by atoms with Crippen LogP contribution in [0.1, 0.15) is 47.2 Å². The van der Waals surface area contributed by atoms with E-state index in [2.05, 4.69) is 0 Å². The van der Waals surface area contributed by atoms with Crippen LogP contribution in [0.2, 0.25) is 0 Å². The zero-order chi connectivity index (χ0) is 16.2. The van der Waals surface area contributed by atoms with Gasteiger partial charge in [-0.3, -0.25) is 4.79 Å². The van der Waals surface area contributed by atoms with Crippen LogP contribution in [-0.2, 0) is 5.75 Å². The van der Waals surface area contributed by atoms with E-state index in [9.17, 15) is 9.18 Å². The van der Waals surface area contributed by atoms with Crippen molar-refractivity contribution in [2.45, 2.75) is 31.1 Å². The molecule has 3 rings (SSSR count). The van der Waals surface area contributed by atoms with Gasteiger partial charge in [0.05, 0.1) is 11.8 Å². The average Bonchev–Trinajstić information content (AvgIpc) is 3.03. The molecule has 1 aromatic heterocycles. The van der Waals surface area contributed by atoms with Crippen LogP contribution in [0.15, 0.2) is 40.8 Å². The summed E-state index contributed by atoms with van der Waals surface area (Å²) in [5.74, 6) is 1.56. The maximum atomic E-state index is 13.5. The zero-order valence-corrected chi connectivity index (χ0v) is 13.9. The summed E-state index contributed by atoms with van der Waals surface area (Å²) in [6, 6.07) is 10.1. The molecule has 0 aliphatic carbocycles. The summed E-state index contributed by atoms with van der Waals surface area (Å²) < 4.78 is 19.2. The van der Waals surface area contributed by atoms with Crippen molar-refractivity contribution in [3.63, 3.8) is 0 Å². The minimum atomic E-state index is -0.263. The zero-order valence-electron chi connectivity index (χ0n) is 13.1. The molecule has 1 aliphatic rings. The topological polar surface area (TPSA) is 33.5 Å². The van der Waals surface area contributed by atoms with Crippen molar-refractivity contribution in [2.24, 2.45) is 0 Å². The summed E-state index contributed by atoms with van der Waals surface area (Å²) in [7, 11) is 0. The van der Waals surface area contributed by atoms with Crippen LogP contribution < -0.4 is 0 Å². The van der Waals surface area contributed by atoms with Crippen molar-refractivity contribution in [2.75, 3.05) is 12.8 Å².